The van der Waals surface area contributed by atoms with Gasteiger partial charge in [-0.1, -0.05) is 6.07 Å². The number of rotatable bonds is 3. The van der Waals surface area contributed by atoms with Gasteiger partial charge >= 0.3 is 0 Å². The molecule has 0 radical (unpaired) electrons. The first kappa shape index (κ1) is 12.6. The molecule has 0 saturated carbocycles. The average Bonchev–Trinajstić information content (AvgIpc) is 2.53. The zero-order chi connectivity index (χ0) is 13.8. The number of ether oxygens (including phenoxy) is 1. The van der Waals surface area contributed by atoms with E-state index in [-0.39, 0.29) is 0 Å². The van der Waals surface area contributed by atoms with Crippen molar-refractivity contribution in [2.45, 2.75) is 32.3 Å². The number of pyridine rings is 2. The first-order valence-corrected chi connectivity index (χ1v) is 6.81. The van der Waals surface area contributed by atoms with Crippen LogP contribution in [0.15, 0.2) is 30.6 Å². The Balaban J connectivity index is 1.74. The van der Waals surface area contributed by atoms with Crippen molar-refractivity contribution in [1.29, 1.82) is 5.26 Å². The second-order valence-electron chi connectivity index (χ2n) is 4.90. The van der Waals surface area contributed by atoms with E-state index in [1.807, 2.05) is 12.1 Å². The molecule has 0 aliphatic heterocycles. The van der Waals surface area contributed by atoms with Crippen LogP contribution in [0.4, 0.5) is 0 Å². The maximum absolute atomic E-state index is 8.99. The van der Waals surface area contributed by atoms with Crippen molar-refractivity contribution in [1.82, 2.24) is 9.97 Å². The molecule has 0 spiro atoms. The Morgan fingerprint density at radius 3 is 3.05 bits per heavy atom. The third-order valence-corrected chi connectivity index (χ3v) is 3.54. The molecule has 20 heavy (non-hydrogen) atoms. The second-order valence-corrected chi connectivity index (χ2v) is 4.90. The molecule has 0 amide bonds. The van der Waals surface area contributed by atoms with Crippen LogP contribution in [-0.4, -0.2) is 9.97 Å². The van der Waals surface area contributed by atoms with Crippen LogP contribution < -0.4 is 4.74 Å². The summed E-state index contributed by atoms with van der Waals surface area (Å²) in [4.78, 5) is 8.49. The molecule has 0 fully saturated rings. The largest absolute Gasteiger partial charge is 0.487 e. The summed E-state index contributed by atoms with van der Waals surface area (Å²) in [6, 6.07) is 7.82. The second kappa shape index (κ2) is 5.70. The zero-order valence-electron chi connectivity index (χ0n) is 11.2. The number of hydrogen-bond acceptors (Lipinski definition) is 4. The maximum Gasteiger partial charge on any atom is 0.147 e. The van der Waals surface area contributed by atoms with Crippen molar-refractivity contribution in [3.8, 4) is 11.8 Å². The van der Waals surface area contributed by atoms with Crippen molar-refractivity contribution in [3.63, 3.8) is 0 Å². The van der Waals surface area contributed by atoms with Crippen LogP contribution in [0, 0.1) is 11.3 Å². The van der Waals surface area contributed by atoms with Gasteiger partial charge in [0.1, 0.15) is 24.1 Å². The van der Waals surface area contributed by atoms with E-state index in [1.54, 1.807) is 12.4 Å². The van der Waals surface area contributed by atoms with Gasteiger partial charge in [0.05, 0.1) is 6.20 Å². The molecule has 3 rings (SSSR count). The molecule has 0 bridgehead atoms. The zero-order valence-corrected chi connectivity index (χ0v) is 11.2. The minimum atomic E-state index is 0.344. The van der Waals surface area contributed by atoms with Gasteiger partial charge in [-0.15, -0.1) is 0 Å². The van der Waals surface area contributed by atoms with Gasteiger partial charge in [-0.05, 0) is 43.4 Å². The molecular formula is C16H15N3O. The number of aromatic nitrogens is 2. The molecule has 1 aliphatic carbocycles. The fraction of sp³-hybridized carbons (Fsp3) is 0.312. The van der Waals surface area contributed by atoms with Gasteiger partial charge in [0.15, 0.2) is 0 Å². The highest BCUT2D eigenvalue weighted by atomic mass is 16.5. The first-order chi connectivity index (χ1) is 9.86. The summed E-state index contributed by atoms with van der Waals surface area (Å²) in [7, 11) is 0. The molecule has 1 aliphatic rings. The number of nitriles is 1. The van der Waals surface area contributed by atoms with Gasteiger partial charge < -0.3 is 4.74 Å². The van der Waals surface area contributed by atoms with Gasteiger partial charge in [0, 0.05) is 17.5 Å². The fourth-order valence-corrected chi connectivity index (χ4v) is 2.46. The topological polar surface area (TPSA) is 58.8 Å². The van der Waals surface area contributed by atoms with Gasteiger partial charge in [-0.25, -0.2) is 4.98 Å². The van der Waals surface area contributed by atoms with E-state index < -0.39 is 0 Å². The van der Waals surface area contributed by atoms with E-state index in [4.69, 9.17) is 10.00 Å². The Morgan fingerprint density at radius 1 is 1.25 bits per heavy atom. The van der Waals surface area contributed by atoms with Gasteiger partial charge in [-0.2, -0.15) is 5.26 Å². The summed E-state index contributed by atoms with van der Waals surface area (Å²) < 4.78 is 5.75. The van der Waals surface area contributed by atoms with E-state index >= 15 is 0 Å². The van der Waals surface area contributed by atoms with Crippen molar-refractivity contribution >= 4 is 0 Å². The highest BCUT2D eigenvalue weighted by molar-refractivity contribution is 5.33. The average molecular weight is 265 g/mol. The Labute approximate surface area is 118 Å². The number of nitrogens with zero attached hydrogens (tertiary/aromatic N) is 3. The third-order valence-electron chi connectivity index (χ3n) is 3.54. The van der Waals surface area contributed by atoms with Crippen LogP contribution in [0.2, 0.25) is 0 Å². The molecule has 0 atom stereocenters. The predicted octanol–water partition coefficient (Wildman–Crippen LogP) is 2.81. The van der Waals surface area contributed by atoms with E-state index in [0.717, 1.165) is 24.2 Å². The highest BCUT2D eigenvalue weighted by Crippen LogP contribution is 2.23. The van der Waals surface area contributed by atoms with Crippen LogP contribution in [0.3, 0.4) is 0 Å². The summed E-state index contributed by atoms with van der Waals surface area (Å²) in [5, 5.41) is 8.99. The van der Waals surface area contributed by atoms with Crippen LogP contribution in [-0.2, 0) is 19.4 Å². The molecule has 2 heterocycles. The minimum Gasteiger partial charge on any atom is -0.487 e. The highest BCUT2D eigenvalue weighted by Gasteiger charge is 2.11. The van der Waals surface area contributed by atoms with Crippen LogP contribution >= 0.6 is 0 Å². The van der Waals surface area contributed by atoms with Crippen LogP contribution in [0.25, 0.3) is 0 Å². The third kappa shape index (κ3) is 2.62. The summed E-state index contributed by atoms with van der Waals surface area (Å²) in [5.41, 5.74) is 3.70. The predicted molar refractivity (Wildman–Crippen MR) is 74.2 cm³/mol. The molecular weight excluding hydrogens is 250 g/mol. The molecule has 0 unspecified atom stereocenters. The van der Waals surface area contributed by atoms with Crippen molar-refractivity contribution in [2.75, 3.05) is 0 Å². The molecule has 2 aromatic rings. The first-order valence-electron chi connectivity index (χ1n) is 6.81. The number of fused-ring (bicyclic) bond motifs is 1. The lowest BCUT2D eigenvalue weighted by molar-refractivity contribution is 0.303. The Hall–Kier alpha value is -2.41. The Morgan fingerprint density at radius 2 is 2.15 bits per heavy atom. The van der Waals surface area contributed by atoms with Crippen molar-refractivity contribution in [3.05, 3.63) is 53.1 Å². The SMILES string of the molecule is N#Cc1ncccc1COc1cnc2c(c1)CCCC2. The Bertz CT molecular complexity index is 661. The Kier molecular flexibility index (Phi) is 3.60. The summed E-state index contributed by atoms with van der Waals surface area (Å²) in [5.74, 6) is 0.762. The summed E-state index contributed by atoms with van der Waals surface area (Å²) >= 11 is 0. The molecule has 2 aromatic heterocycles. The fourth-order valence-electron chi connectivity index (χ4n) is 2.46. The van der Waals surface area contributed by atoms with E-state index in [9.17, 15) is 0 Å². The monoisotopic (exact) mass is 265 g/mol. The maximum atomic E-state index is 8.99. The molecule has 4 nitrogen and oxygen atoms in total. The normalized spacial score (nSPS) is 13.3. The van der Waals surface area contributed by atoms with E-state index in [2.05, 4.69) is 22.1 Å². The summed E-state index contributed by atoms with van der Waals surface area (Å²) in [6.07, 6.45) is 7.97. The molecule has 0 saturated heterocycles. The lowest BCUT2D eigenvalue weighted by atomic mass is 9.96. The number of aryl methyl sites for hydroxylation is 2. The lowest BCUT2D eigenvalue weighted by Crippen LogP contribution is -2.06. The van der Waals surface area contributed by atoms with Crippen LogP contribution in [0.5, 0.6) is 5.75 Å². The molecule has 4 heteroatoms. The van der Waals surface area contributed by atoms with Crippen molar-refractivity contribution in [2.24, 2.45) is 0 Å². The van der Waals surface area contributed by atoms with E-state index in [0.29, 0.717) is 12.3 Å². The van der Waals surface area contributed by atoms with Gasteiger partial charge in [0.2, 0.25) is 0 Å². The molecule has 0 aromatic carbocycles. The quantitative estimate of drug-likeness (QED) is 0.856. The van der Waals surface area contributed by atoms with Gasteiger partial charge in [-0.3, -0.25) is 4.98 Å². The van der Waals surface area contributed by atoms with Crippen LogP contribution in [0.1, 0.15) is 35.4 Å². The smallest absolute Gasteiger partial charge is 0.147 e. The standard InChI is InChI=1S/C16H15N3O/c17-9-16-13(5-3-7-18-16)11-20-14-8-12-4-1-2-6-15(12)19-10-14/h3,5,7-8,10H,1-2,4,6,11H2. The lowest BCUT2D eigenvalue weighted by Gasteiger charge is -2.15. The molecule has 100 valence electrons. The number of hydrogen-bond donors (Lipinski definition) is 0. The van der Waals surface area contributed by atoms with Gasteiger partial charge in [0.25, 0.3) is 0 Å². The van der Waals surface area contributed by atoms with Crippen molar-refractivity contribution < 1.29 is 4.74 Å². The van der Waals surface area contributed by atoms with E-state index in [1.165, 1.54) is 24.1 Å². The molecule has 0 N–H and O–H groups in total. The summed E-state index contributed by atoms with van der Waals surface area (Å²) in [6.45, 7) is 0.344. The minimum absolute atomic E-state index is 0.344.